The molecular formula is C15H16FNO. The van der Waals surface area contributed by atoms with Crippen LogP contribution in [0.4, 0.5) is 10.1 Å². The zero-order valence-corrected chi connectivity index (χ0v) is 10.3. The van der Waals surface area contributed by atoms with Crippen molar-refractivity contribution < 1.29 is 9.13 Å². The van der Waals surface area contributed by atoms with E-state index in [0.29, 0.717) is 18.9 Å². The summed E-state index contributed by atoms with van der Waals surface area (Å²) in [4.78, 5) is 0. The van der Waals surface area contributed by atoms with Gasteiger partial charge in [-0.05, 0) is 24.6 Å². The maximum atomic E-state index is 13.1. The number of benzene rings is 2. The minimum atomic E-state index is -0.288. The summed E-state index contributed by atoms with van der Waals surface area (Å²) in [5.74, 6) is 0.261. The molecule has 2 rings (SSSR count). The van der Waals surface area contributed by atoms with Crippen molar-refractivity contribution in [1.29, 1.82) is 0 Å². The van der Waals surface area contributed by atoms with E-state index in [2.05, 4.69) is 5.32 Å². The Hall–Kier alpha value is -2.03. The number of anilines is 1. The average molecular weight is 245 g/mol. The molecule has 18 heavy (non-hydrogen) atoms. The van der Waals surface area contributed by atoms with Crippen LogP contribution in [0.25, 0.3) is 0 Å². The molecule has 0 saturated heterocycles. The summed E-state index contributed by atoms with van der Waals surface area (Å²) in [5.41, 5.74) is 1.98. The smallest absolute Gasteiger partial charge is 0.145 e. The third-order valence-corrected chi connectivity index (χ3v) is 2.57. The van der Waals surface area contributed by atoms with E-state index in [0.717, 1.165) is 5.69 Å². The van der Waals surface area contributed by atoms with Crippen LogP contribution in [0, 0.1) is 5.82 Å². The molecule has 0 heterocycles. The van der Waals surface area contributed by atoms with Crippen LogP contribution in [0.3, 0.4) is 0 Å². The minimum Gasteiger partial charge on any atom is -0.492 e. The molecule has 0 aliphatic carbocycles. The molecule has 0 spiro atoms. The molecule has 0 atom stereocenters. The fourth-order valence-electron chi connectivity index (χ4n) is 1.71. The van der Waals surface area contributed by atoms with Gasteiger partial charge >= 0.3 is 0 Å². The van der Waals surface area contributed by atoms with Gasteiger partial charge in [-0.25, -0.2) is 4.39 Å². The molecule has 1 N–H and O–H groups in total. The predicted octanol–water partition coefficient (Wildman–Crippen LogP) is 3.84. The summed E-state index contributed by atoms with van der Waals surface area (Å²) in [7, 11) is 0. The van der Waals surface area contributed by atoms with Crippen LogP contribution in [0.5, 0.6) is 5.75 Å². The van der Waals surface area contributed by atoms with Crippen molar-refractivity contribution in [1.82, 2.24) is 0 Å². The number of halogens is 1. The van der Waals surface area contributed by atoms with Crippen molar-refractivity contribution in [2.75, 3.05) is 11.9 Å². The monoisotopic (exact) mass is 245 g/mol. The van der Waals surface area contributed by atoms with Gasteiger partial charge in [-0.15, -0.1) is 0 Å². The van der Waals surface area contributed by atoms with Crippen molar-refractivity contribution in [2.45, 2.75) is 13.5 Å². The highest BCUT2D eigenvalue weighted by atomic mass is 19.1. The Kier molecular flexibility index (Phi) is 4.18. The van der Waals surface area contributed by atoms with Crippen molar-refractivity contribution in [2.24, 2.45) is 0 Å². The summed E-state index contributed by atoms with van der Waals surface area (Å²) >= 11 is 0. The van der Waals surface area contributed by atoms with E-state index >= 15 is 0 Å². The Balaban J connectivity index is 2.09. The largest absolute Gasteiger partial charge is 0.492 e. The Morgan fingerprint density at radius 2 is 1.89 bits per heavy atom. The van der Waals surface area contributed by atoms with Gasteiger partial charge in [0.15, 0.2) is 0 Å². The van der Waals surface area contributed by atoms with E-state index in [-0.39, 0.29) is 5.82 Å². The highest BCUT2D eigenvalue weighted by Crippen LogP contribution is 2.25. The Bertz CT molecular complexity index is 499. The quantitative estimate of drug-likeness (QED) is 0.864. The fraction of sp³-hybridized carbons (Fsp3) is 0.200. The van der Waals surface area contributed by atoms with Crippen LogP contribution >= 0.6 is 0 Å². The molecule has 3 heteroatoms. The lowest BCUT2D eigenvalue weighted by Crippen LogP contribution is -2.03. The number of rotatable bonds is 5. The molecule has 2 aromatic rings. The topological polar surface area (TPSA) is 21.3 Å². The third kappa shape index (κ3) is 3.23. The summed E-state index contributed by atoms with van der Waals surface area (Å²) in [5, 5.41) is 3.25. The SMILES string of the molecule is CCOc1cc(F)ccc1NCc1ccccc1. The Morgan fingerprint density at radius 3 is 2.61 bits per heavy atom. The number of ether oxygens (including phenoxy) is 1. The van der Waals surface area contributed by atoms with Crippen molar-refractivity contribution >= 4 is 5.69 Å². The Labute approximate surface area is 106 Å². The lowest BCUT2D eigenvalue weighted by atomic mass is 10.2. The summed E-state index contributed by atoms with van der Waals surface area (Å²) in [6.45, 7) is 3.09. The second-order valence-corrected chi connectivity index (χ2v) is 3.91. The van der Waals surface area contributed by atoms with Gasteiger partial charge < -0.3 is 10.1 Å². The molecule has 0 bridgehead atoms. The van der Waals surface area contributed by atoms with Gasteiger partial charge in [0, 0.05) is 12.6 Å². The lowest BCUT2D eigenvalue weighted by Gasteiger charge is -2.12. The van der Waals surface area contributed by atoms with Gasteiger partial charge in [0.2, 0.25) is 0 Å². The first-order chi connectivity index (χ1) is 8.79. The van der Waals surface area contributed by atoms with Gasteiger partial charge in [0.1, 0.15) is 11.6 Å². The fourth-order valence-corrected chi connectivity index (χ4v) is 1.71. The molecule has 94 valence electrons. The zero-order valence-electron chi connectivity index (χ0n) is 10.3. The van der Waals surface area contributed by atoms with Crippen LogP contribution in [0.15, 0.2) is 48.5 Å². The molecule has 0 radical (unpaired) electrons. The number of hydrogen-bond donors (Lipinski definition) is 1. The lowest BCUT2D eigenvalue weighted by molar-refractivity contribution is 0.340. The first-order valence-corrected chi connectivity index (χ1v) is 5.99. The van der Waals surface area contributed by atoms with E-state index in [1.54, 1.807) is 6.07 Å². The average Bonchev–Trinajstić information content (AvgIpc) is 2.39. The van der Waals surface area contributed by atoms with Crippen LogP contribution in [-0.4, -0.2) is 6.61 Å². The van der Waals surface area contributed by atoms with Crippen molar-refractivity contribution in [3.8, 4) is 5.75 Å². The van der Waals surface area contributed by atoms with Gasteiger partial charge in [-0.2, -0.15) is 0 Å². The minimum absolute atomic E-state index is 0.288. The molecule has 0 unspecified atom stereocenters. The van der Waals surface area contributed by atoms with Crippen LogP contribution < -0.4 is 10.1 Å². The van der Waals surface area contributed by atoms with E-state index in [9.17, 15) is 4.39 Å². The number of hydrogen-bond acceptors (Lipinski definition) is 2. The second kappa shape index (κ2) is 6.05. The molecule has 0 fully saturated rings. The molecule has 2 aromatic carbocycles. The zero-order chi connectivity index (χ0) is 12.8. The molecule has 2 nitrogen and oxygen atoms in total. The molecule has 0 aromatic heterocycles. The first-order valence-electron chi connectivity index (χ1n) is 5.99. The third-order valence-electron chi connectivity index (χ3n) is 2.57. The van der Waals surface area contributed by atoms with Crippen LogP contribution in [-0.2, 0) is 6.54 Å². The Morgan fingerprint density at radius 1 is 1.11 bits per heavy atom. The van der Waals surface area contributed by atoms with Crippen LogP contribution in [0.2, 0.25) is 0 Å². The summed E-state index contributed by atoms with van der Waals surface area (Å²) in [6, 6.07) is 14.6. The van der Waals surface area contributed by atoms with E-state index in [1.807, 2.05) is 37.3 Å². The van der Waals surface area contributed by atoms with Gasteiger partial charge in [0.25, 0.3) is 0 Å². The first kappa shape index (κ1) is 12.4. The number of nitrogens with one attached hydrogen (secondary N) is 1. The van der Waals surface area contributed by atoms with E-state index < -0.39 is 0 Å². The van der Waals surface area contributed by atoms with Crippen LogP contribution in [0.1, 0.15) is 12.5 Å². The summed E-state index contributed by atoms with van der Waals surface area (Å²) in [6.07, 6.45) is 0. The van der Waals surface area contributed by atoms with E-state index in [1.165, 1.54) is 17.7 Å². The van der Waals surface area contributed by atoms with Crippen molar-refractivity contribution in [3.05, 3.63) is 59.9 Å². The molecule has 0 amide bonds. The van der Waals surface area contributed by atoms with Gasteiger partial charge in [-0.1, -0.05) is 30.3 Å². The standard InChI is InChI=1S/C15H16FNO/c1-2-18-15-10-13(16)8-9-14(15)17-11-12-6-4-3-5-7-12/h3-10,17H,2,11H2,1H3. The molecular weight excluding hydrogens is 229 g/mol. The summed E-state index contributed by atoms with van der Waals surface area (Å²) < 4.78 is 18.5. The highest BCUT2D eigenvalue weighted by Gasteiger charge is 2.04. The second-order valence-electron chi connectivity index (χ2n) is 3.91. The van der Waals surface area contributed by atoms with E-state index in [4.69, 9.17) is 4.74 Å². The van der Waals surface area contributed by atoms with Gasteiger partial charge in [-0.3, -0.25) is 0 Å². The highest BCUT2D eigenvalue weighted by molar-refractivity contribution is 5.56. The maximum Gasteiger partial charge on any atom is 0.145 e. The van der Waals surface area contributed by atoms with Gasteiger partial charge in [0.05, 0.1) is 12.3 Å². The normalized spacial score (nSPS) is 10.1. The van der Waals surface area contributed by atoms with Crippen molar-refractivity contribution in [3.63, 3.8) is 0 Å². The molecule has 0 saturated carbocycles. The predicted molar refractivity (Wildman–Crippen MR) is 71.3 cm³/mol. The maximum absolute atomic E-state index is 13.1. The molecule has 0 aliphatic rings. The molecule has 0 aliphatic heterocycles.